The maximum Gasteiger partial charge on any atom is 0.435 e. The molecule has 0 saturated carbocycles. The number of alkyl halides is 3. The molecule has 0 radical (unpaired) electrons. The Kier molecular flexibility index (Phi) is 9.22. The van der Waals surface area contributed by atoms with Gasteiger partial charge in [0, 0.05) is 6.20 Å². The van der Waals surface area contributed by atoms with Gasteiger partial charge in [-0.2, -0.15) is 13.2 Å². The molecular formula is C12H21F3N2O2S. The molecule has 0 saturated heterocycles. The van der Waals surface area contributed by atoms with Crippen molar-refractivity contribution in [2.24, 2.45) is 0 Å². The van der Waals surface area contributed by atoms with Crippen molar-refractivity contribution in [3.05, 3.63) is 23.5 Å². The third-order valence-electron chi connectivity index (χ3n) is 1.59. The quantitative estimate of drug-likeness (QED) is 0.902. The van der Waals surface area contributed by atoms with Gasteiger partial charge in [0.2, 0.25) is 10.0 Å². The monoisotopic (exact) mass is 314 g/mol. The SMILES string of the molecule is CC.CC.Cc1cnc(C(F)(F)F)c(NS(C)(=O)=O)c1. The molecule has 1 aromatic rings. The van der Waals surface area contributed by atoms with Crippen LogP contribution in [-0.4, -0.2) is 19.7 Å². The number of rotatable bonds is 2. The minimum Gasteiger partial charge on any atom is -0.282 e. The fourth-order valence-corrected chi connectivity index (χ4v) is 1.63. The second-order valence-electron chi connectivity index (χ2n) is 3.28. The average Bonchev–Trinajstić information content (AvgIpc) is 2.30. The highest BCUT2D eigenvalue weighted by Gasteiger charge is 2.36. The lowest BCUT2D eigenvalue weighted by molar-refractivity contribution is -0.140. The summed E-state index contributed by atoms with van der Waals surface area (Å²) in [6, 6.07) is 1.08. The van der Waals surface area contributed by atoms with E-state index in [-0.39, 0.29) is 0 Å². The summed E-state index contributed by atoms with van der Waals surface area (Å²) in [5.41, 5.74) is -1.38. The maximum atomic E-state index is 12.5. The van der Waals surface area contributed by atoms with E-state index in [1.165, 1.54) is 6.92 Å². The Morgan fingerprint density at radius 3 is 1.95 bits per heavy atom. The summed E-state index contributed by atoms with van der Waals surface area (Å²) in [6.07, 6.45) is -2.90. The van der Waals surface area contributed by atoms with Crippen molar-refractivity contribution >= 4 is 15.7 Å². The van der Waals surface area contributed by atoms with E-state index in [1.807, 2.05) is 27.7 Å². The lowest BCUT2D eigenvalue weighted by atomic mass is 10.2. The molecule has 4 nitrogen and oxygen atoms in total. The maximum absolute atomic E-state index is 12.5. The van der Waals surface area contributed by atoms with Gasteiger partial charge in [0.25, 0.3) is 0 Å². The fraction of sp³-hybridized carbons (Fsp3) is 0.583. The second-order valence-corrected chi connectivity index (χ2v) is 5.03. The number of anilines is 1. The molecule has 1 aromatic heterocycles. The van der Waals surface area contributed by atoms with E-state index in [0.717, 1.165) is 18.5 Å². The van der Waals surface area contributed by atoms with Crippen molar-refractivity contribution in [1.29, 1.82) is 0 Å². The van der Waals surface area contributed by atoms with Crippen LogP contribution in [0.5, 0.6) is 0 Å². The van der Waals surface area contributed by atoms with Gasteiger partial charge in [-0.1, -0.05) is 27.7 Å². The Balaban J connectivity index is 0. The van der Waals surface area contributed by atoms with Gasteiger partial charge in [-0.3, -0.25) is 4.72 Å². The van der Waals surface area contributed by atoms with E-state index in [1.54, 1.807) is 4.72 Å². The summed E-state index contributed by atoms with van der Waals surface area (Å²) in [6.45, 7) is 9.51. The van der Waals surface area contributed by atoms with Gasteiger partial charge >= 0.3 is 6.18 Å². The molecule has 0 aliphatic carbocycles. The van der Waals surface area contributed by atoms with Crippen LogP contribution in [0.1, 0.15) is 39.0 Å². The standard InChI is InChI=1S/C8H9F3N2O2S.2C2H6/c1-5-3-6(13-16(2,14)15)7(12-4-5)8(9,10)11;2*1-2/h3-4,13H,1-2H3;2*1-2H3. The first-order chi connectivity index (χ1) is 9.09. The Hall–Kier alpha value is -1.31. The molecule has 0 unspecified atom stereocenters. The number of pyridine rings is 1. The van der Waals surface area contributed by atoms with Gasteiger partial charge < -0.3 is 0 Å². The molecule has 0 aliphatic rings. The van der Waals surface area contributed by atoms with E-state index in [0.29, 0.717) is 5.56 Å². The molecule has 0 fully saturated rings. The van der Waals surface area contributed by atoms with Crippen LogP contribution in [0.3, 0.4) is 0 Å². The van der Waals surface area contributed by atoms with Gasteiger partial charge in [-0.25, -0.2) is 13.4 Å². The third kappa shape index (κ3) is 7.98. The first-order valence-corrected chi connectivity index (χ1v) is 8.00. The van der Waals surface area contributed by atoms with Crippen LogP contribution in [0.4, 0.5) is 18.9 Å². The first-order valence-electron chi connectivity index (χ1n) is 6.11. The van der Waals surface area contributed by atoms with Gasteiger partial charge in [-0.05, 0) is 18.6 Å². The normalized spacial score (nSPS) is 10.7. The molecule has 0 spiro atoms. The number of halogens is 3. The first kappa shape index (κ1) is 21.0. The molecule has 1 heterocycles. The van der Waals surface area contributed by atoms with Crippen LogP contribution >= 0.6 is 0 Å². The summed E-state index contributed by atoms with van der Waals surface area (Å²) in [5, 5.41) is 0. The highest BCUT2D eigenvalue weighted by Crippen LogP contribution is 2.33. The van der Waals surface area contributed by atoms with E-state index in [9.17, 15) is 21.6 Å². The third-order valence-corrected chi connectivity index (χ3v) is 2.18. The summed E-state index contributed by atoms with van der Waals surface area (Å²) < 4.78 is 60.9. The van der Waals surface area contributed by atoms with Gasteiger partial charge in [0.1, 0.15) is 0 Å². The zero-order valence-corrected chi connectivity index (χ0v) is 13.3. The van der Waals surface area contributed by atoms with Crippen LogP contribution in [0, 0.1) is 6.92 Å². The Bertz CT molecular complexity index is 500. The molecule has 0 atom stereocenters. The number of sulfonamides is 1. The van der Waals surface area contributed by atoms with Gasteiger partial charge in [-0.15, -0.1) is 0 Å². The second kappa shape index (κ2) is 8.78. The number of hydrogen-bond donors (Lipinski definition) is 1. The summed E-state index contributed by atoms with van der Waals surface area (Å²) in [4.78, 5) is 3.18. The number of aryl methyl sites for hydroxylation is 1. The van der Waals surface area contributed by atoms with Gasteiger partial charge in [0.15, 0.2) is 5.69 Å². The molecule has 0 aromatic carbocycles. The number of aromatic nitrogens is 1. The highest BCUT2D eigenvalue weighted by molar-refractivity contribution is 7.92. The van der Waals surface area contributed by atoms with Crippen molar-refractivity contribution < 1.29 is 21.6 Å². The van der Waals surface area contributed by atoms with Crippen molar-refractivity contribution in [3.63, 3.8) is 0 Å². The summed E-state index contributed by atoms with van der Waals surface area (Å²) in [5.74, 6) is 0. The van der Waals surface area contributed by atoms with Crippen LogP contribution in [-0.2, 0) is 16.2 Å². The minimum atomic E-state index is -4.69. The lowest BCUT2D eigenvalue weighted by Crippen LogP contribution is -2.17. The smallest absolute Gasteiger partial charge is 0.282 e. The molecule has 8 heteroatoms. The predicted molar refractivity (Wildman–Crippen MR) is 75.1 cm³/mol. The predicted octanol–water partition coefficient (Wildman–Crippen LogP) is 3.83. The van der Waals surface area contributed by atoms with Crippen LogP contribution < -0.4 is 4.72 Å². The zero-order chi connectivity index (χ0) is 16.6. The topological polar surface area (TPSA) is 59.1 Å². The van der Waals surface area contributed by atoms with Crippen LogP contribution in [0.15, 0.2) is 12.3 Å². The number of nitrogens with zero attached hydrogens (tertiary/aromatic N) is 1. The Morgan fingerprint density at radius 1 is 1.15 bits per heavy atom. The minimum absolute atomic E-state index is 0.430. The molecular weight excluding hydrogens is 293 g/mol. The fourth-order valence-electron chi connectivity index (χ4n) is 1.07. The van der Waals surface area contributed by atoms with Crippen molar-refractivity contribution in [2.45, 2.75) is 40.8 Å². The Morgan fingerprint density at radius 2 is 1.60 bits per heavy atom. The van der Waals surface area contributed by atoms with Crippen molar-refractivity contribution in [3.8, 4) is 0 Å². The average molecular weight is 314 g/mol. The molecule has 0 amide bonds. The van der Waals surface area contributed by atoms with E-state index >= 15 is 0 Å². The highest BCUT2D eigenvalue weighted by atomic mass is 32.2. The van der Waals surface area contributed by atoms with E-state index in [4.69, 9.17) is 0 Å². The van der Waals surface area contributed by atoms with E-state index in [2.05, 4.69) is 4.98 Å². The van der Waals surface area contributed by atoms with Crippen molar-refractivity contribution in [2.75, 3.05) is 11.0 Å². The van der Waals surface area contributed by atoms with Gasteiger partial charge in [0.05, 0.1) is 11.9 Å². The molecule has 1 N–H and O–H groups in total. The number of hydrogen-bond acceptors (Lipinski definition) is 3. The van der Waals surface area contributed by atoms with Crippen molar-refractivity contribution in [1.82, 2.24) is 4.98 Å². The largest absolute Gasteiger partial charge is 0.435 e. The van der Waals surface area contributed by atoms with Crippen LogP contribution in [0.2, 0.25) is 0 Å². The number of nitrogens with one attached hydrogen (secondary N) is 1. The summed E-state index contributed by atoms with van der Waals surface area (Å²) in [7, 11) is -3.77. The Labute approximate surface area is 118 Å². The lowest BCUT2D eigenvalue weighted by Gasteiger charge is -2.12. The molecule has 0 aliphatic heterocycles. The molecule has 118 valence electrons. The molecule has 1 rings (SSSR count). The zero-order valence-electron chi connectivity index (χ0n) is 12.5. The molecule has 0 bridgehead atoms. The molecule has 20 heavy (non-hydrogen) atoms. The summed E-state index contributed by atoms with van der Waals surface area (Å²) >= 11 is 0. The van der Waals surface area contributed by atoms with Crippen LogP contribution in [0.25, 0.3) is 0 Å². The van der Waals surface area contributed by atoms with E-state index < -0.39 is 27.6 Å².